The number of methoxy groups -OCH3 is 1. The number of unbranched alkanes of at least 4 members (excludes halogenated alkanes) is 1. The first-order valence-electron chi connectivity index (χ1n) is 7.11. The Hall–Kier alpha value is -2.14. The number of ether oxygens (including phenoxy) is 1. The molecule has 0 fully saturated rings. The molecule has 0 unspecified atom stereocenters. The van der Waals surface area contributed by atoms with Gasteiger partial charge < -0.3 is 15.4 Å². The molecule has 1 amide bonds. The Labute approximate surface area is 124 Å². The number of para-hydroxylation sites is 1. The number of hydrogen-bond acceptors (Lipinski definition) is 4. The molecule has 0 aliphatic carbocycles. The third-order valence-corrected chi connectivity index (χ3v) is 3.28. The predicted molar refractivity (Wildman–Crippen MR) is 84.7 cm³/mol. The molecule has 0 atom stereocenters. The smallest absolute Gasteiger partial charge is 0.252 e. The van der Waals surface area contributed by atoms with Crippen molar-refractivity contribution in [2.75, 3.05) is 32.6 Å². The van der Waals surface area contributed by atoms with Crippen molar-refractivity contribution in [1.82, 2.24) is 10.3 Å². The van der Waals surface area contributed by atoms with E-state index in [4.69, 9.17) is 4.74 Å². The van der Waals surface area contributed by atoms with Crippen LogP contribution in [0.15, 0.2) is 30.3 Å². The molecule has 0 bridgehead atoms. The summed E-state index contributed by atoms with van der Waals surface area (Å²) >= 11 is 0. The number of aromatic nitrogens is 1. The van der Waals surface area contributed by atoms with Crippen LogP contribution >= 0.6 is 0 Å². The maximum atomic E-state index is 12.4. The lowest BCUT2D eigenvalue weighted by molar-refractivity contribution is 0.0953. The van der Waals surface area contributed by atoms with Crippen LogP contribution in [0.2, 0.25) is 0 Å². The summed E-state index contributed by atoms with van der Waals surface area (Å²) in [5.74, 6) is 0.626. The van der Waals surface area contributed by atoms with Crippen molar-refractivity contribution in [3.63, 3.8) is 0 Å². The van der Waals surface area contributed by atoms with Crippen molar-refractivity contribution in [3.05, 3.63) is 35.9 Å². The fourth-order valence-electron chi connectivity index (χ4n) is 2.16. The second kappa shape index (κ2) is 7.59. The second-order valence-corrected chi connectivity index (χ2v) is 4.78. The van der Waals surface area contributed by atoms with Gasteiger partial charge in [0.05, 0.1) is 11.1 Å². The van der Waals surface area contributed by atoms with Crippen molar-refractivity contribution >= 4 is 22.6 Å². The summed E-state index contributed by atoms with van der Waals surface area (Å²) in [4.78, 5) is 16.8. The van der Waals surface area contributed by atoms with Crippen LogP contribution in [0.3, 0.4) is 0 Å². The normalized spacial score (nSPS) is 10.6. The van der Waals surface area contributed by atoms with Gasteiger partial charge in [-0.1, -0.05) is 18.2 Å². The van der Waals surface area contributed by atoms with Crippen LogP contribution in [-0.2, 0) is 4.74 Å². The zero-order valence-electron chi connectivity index (χ0n) is 12.5. The minimum absolute atomic E-state index is 0.0671. The fraction of sp³-hybridized carbons (Fsp3) is 0.375. The average molecular weight is 287 g/mol. The number of nitrogens with zero attached hydrogens (tertiary/aromatic N) is 1. The lowest BCUT2D eigenvalue weighted by Gasteiger charge is -2.10. The van der Waals surface area contributed by atoms with E-state index < -0.39 is 0 Å². The van der Waals surface area contributed by atoms with Crippen molar-refractivity contribution in [1.29, 1.82) is 0 Å². The molecule has 112 valence electrons. The number of amides is 1. The highest BCUT2D eigenvalue weighted by Crippen LogP contribution is 2.20. The van der Waals surface area contributed by atoms with Gasteiger partial charge in [0.15, 0.2) is 0 Å². The molecular formula is C16H21N3O2. The Balaban J connectivity index is 2.14. The maximum Gasteiger partial charge on any atom is 0.252 e. The van der Waals surface area contributed by atoms with Gasteiger partial charge in [-0.05, 0) is 25.0 Å². The monoisotopic (exact) mass is 287 g/mol. The molecular weight excluding hydrogens is 266 g/mol. The van der Waals surface area contributed by atoms with Crippen LogP contribution in [0.4, 0.5) is 5.82 Å². The van der Waals surface area contributed by atoms with E-state index in [0.717, 1.165) is 30.4 Å². The zero-order chi connectivity index (χ0) is 15.1. The van der Waals surface area contributed by atoms with Crippen LogP contribution in [0, 0.1) is 0 Å². The number of pyridine rings is 1. The number of nitrogens with one attached hydrogen (secondary N) is 2. The van der Waals surface area contributed by atoms with Gasteiger partial charge in [-0.15, -0.1) is 0 Å². The van der Waals surface area contributed by atoms with Gasteiger partial charge in [0.25, 0.3) is 5.91 Å². The first-order chi connectivity index (χ1) is 10.3. The number of benzene rings is 1. The molecule has 5 nitrogen and oxygen atoms in total. The van der Waals surface area contributed by atoms with E-state index in [2.05, 4.69) is 15.6 Å². The standard InChI is InChI=1S/C16H21N3O2/c1-17-15-11-13(12-7-3-4-8-14(12)19-15)16(20)18-9-5-6-10-21-2/h3-4,7-8,11H,5-6,9-10H2,1-2H3,(H,17,19)(H,18,20). The number of rotatable bonds is 7. The lowest BCUT2D eigenvalue weighted by Crippen LogP contribution is -2.25. The van der Waals surface area contributed by atoms with Crippen LogP contribution in [0.5, 0.6) is 0 Å². The van der Waals surface area contributed by atoms with E-state index in [1.165, 1.54) is 0 Å². The Kier molecular flexibility index (Phi) is 5.51. The van der Waals surface area contributed by atoms with Crippen LogP contribution in [-0.4, -0.2) is 38.2 Å². The molecule has 2 rings (SSSR count). The first-order valence-corrected chi connectivity index (χ1v) is 7.11. The number of hydrogen-bond donors (Lipinski definition) is 2. The highest BCUT2D eigenvalue weighted by Gasteiger charge is 2.11. The maximum absolute atomic E-state index is 12.4. The molecule has 2 N–H and O–H groups in total. The highest BCUT2D eigenvalue weighted by atomic mass is 16.5. The van der Waals surface area contributed by atoms with E-state index in [1.54, 1.807) is 20.2 Å². The topological polar surface area (TPSA) is 63.2 Å². The zero-order valence-corrected chi connectivity index (χ0v) is 12.5. The van der Waals surface area contributed by atoms with Crippen molar-refractivity contribution in [3.8, 4) is 0 Å². The second-order valence-electron chi connectivity index (χ2n) is 4.78. The van der Waals surface area contributed by atoms with Gasteiger partial charge in [0.1, 0.15) is 5.82 Å². The first kappa shape index (κ1) is 15.3. The summed E-state index contributed by atoms with van der Waals surface area (Å²) in [5, 5.41) is 6.81. The molecule has 1 heterocycles. The SMILES string of the molecule is CNc1cc(C(=O)NCCCCOC)c2ccccc2n1. The summed E-state index contributed by atoms with van der Waals surface area (Å²) in [6, 6.07) is 9.44. The van der Waals surface area contributed by atoms with Crippen LogP contribution in [0.25, 0.3) is 10.9 Å². The molecule has 5 heteroatoms. The molecule has 0 aliphatic rings. The molecule has 0 aliphatic heterocycles. The lowest BCUT2D eigenvalue weighted by atomic mass is 10.1. The predicted octanol–water partition coefficient (Wildman–Crippen LogP) is 2.43. The third kappa shape index (κ3) is 3.92. The Morgan fingerprint density at radius 2 is 2.10 bits per heavy atom. The molecule has 21 heavy (non-hydrogen) atoms. The molecule has 0 radical (unpaired) electrons. The minimum atomic E-state index is -0.0671. The van der Waals surface area contributed by atoms with Gasteiger partial charge in [-0.2, -0.15) is 0 Å². The summed E-state index contributed by atoms with van der Waals surface area (Å²) in [6.07, 6.45) is 1.84. The minimum Gasteiger partial charge on any atom is -0.385 e. The number of carbonyl (C=O) groups is 1. The van der Waals surface area contributed by atoms with E-state index in [9.17, 15) is 4.79 Å². The summed E-state index contributed by atoms with van der Waals surface area (Å²) in [7, 11) is 3.48. The Morgan fingerprint density at radius 1 is 1.29 bits per heavy atom. The van der Waals surface area contributed by atoms with Gasteiger partial charge in [-0.3, -0.25) is 4.79 Å². The molecule has 1 aromatic heterocycles. The molecule has 2 aromatic rings. The van der Waals surface area contributed by atoms with Crippen molar-refractivity contribution in [2.45, 2.75) is 12.8 Å². The molecule has 1 aromatic carbocycles. The van der Waals surface area contributed by atoms with Crippen LogP contribution < -0.4 is 10.6 Å². The van der Waals surface area contributed by atoms with Gasteiger partial charge in [0.2, 0.25) is 0 Å². The largest absolute Gasteiger partial charge is 0.385 e. The number of fused-ring (bicyclic) bond motifs is 1. The molecule has 0 saturated carbocycles. The summed E-state index contributed by atoms with van der Waals surface area (Å²) in [6.45, 7) is 1.37. The van der Waals surface area contributed by atoms with Crippen molar-refractivity contribution in [2.24, 2.45) is 0 Å². The number of carbonyl (C=O) groups excluding carboxylic acids is 1. The van der Waals surface area contributed by atoms with Crippen molar-refractivity contribution < 1.29 is 9.53 Å². The van der Waals surface area contributed by atoms with E-state index in [-0.39, 0.29) is 5.91 Å². The van der Waals surface area contributed by atoms with Gasteiger partial charge in [-0.25, -0.2) is 4.98 Å². The van der Waals surface area contributed by atoms with Crippen LogP contribution in [0.1, 0.15) is 23.2 Å². The highest BCUT2D eigenvalue weighted by molar-refractivity contribution is 6.06. The van der Waals surface area contributed by atoms with Gasteiger partial charge >= 0.3 is 0 Å². The Morgan fingerprint density at radius 3 is 2.86 bits per heavy atom. The van der Waals surface area contributed by atoms with Gasteiger partial charge in [0, 0.05) is 32.7 Å². The Bertz CT molecular complexity index is 613. The summed E-state index contributed by atoms with van der Waals surface area (Å²) < 4.78 is 4.99. The molecule has 0 saturated heterocycles. The summed E-state index contributed by atoms with van der Waals surface area (Å²) in [5.41, 5.74) is 1.46. The third-order valence-electron chi connectivity index (χ3n) is 3.28. The van der Waals surface area contributed by atoms with E-state index >= 15 is 0 Å². The quantitative estimate of drug-likeness (QED) is 0.768. The number of anilines is 1. The van der Waals surface area contributed by atoms with E-state index in [1.807, 2.05) is 24.3 Å². The molecule has 0 spiro atoms. The average Bonchev–Trinajstić information content (AvgIpc) is 2.53. The fourth-order valence-corrected chi connectivity index (χ4v) is 2.16. The van der Waals surface area contributed by atoms with E-state index in [0.29, 0.717) is 17.9 Å².